The summed E-state index contributed by atoms with van der Waals surface area (Å²) in [4.78, 5) is 12.0. The van der Waals surface area contributed by atoms with Crippen LogP contribution in [0, 0.1) is 23.1 Å². The van der Waals surface area contributed by atoms with E-state index < -0.39 is 5.82 Å². The summed E-state index contributed by atoms with van der Waals surface area (Å²) >= 11 is 0. The van der Waals surface area contributed by atoms with Crippen molar-refractivity contribution >= 4 is 5.91 Å². The van der Waals surface area contributed by atoms with Gasteiger partial charge in [-0.3, -0.25) is 4.79 Å². The van der Waals surface area contributed by atoms with Gasteiger partial charge in [-0.05, 0) is 30.0 Å². The van der Waals surface area contributed by atoms with Crippen LogP contribution in [0.1, 0.15) is 42.6 Å². The van der Waals surface area contributed by atoms with Gasteiger partial charge in [0.25, 0.3) is 5.91 Å². The molecule has 3 nitrogen and oxygen atoms in total. The molecule has 1 amide bonds. The SMILES string of the molecule is CC1(C)CC1NC(=O)c1ccc(C#CCCO)cc1F. The zero-order chi connectivity index (χ0) is 14.8. The zero-order valence-corrected chi connectivity index (χ0v) is 11.7. The number of aliphatic hydroxyl groups is 1. The molecular formula is C16H18FNO2. The van der Waals surface area contributed by atoms with Gasteiger partial charge in [-0.15, -0.1) is 0 Å². The number of hydrogen-bond donors (Lipinski definition) is 2. The van der Waals surface area contributed by atoms with Gasteiger partial charge in [0.1, 0.15) is 5.82 Å². The highest BCUT2D eigenvalue weighted by Gasteiger charge is 2.46. The van der Waals surface area contributed by atoms with Crippen LogP contribution in [0.25, 0.3) is 0 Å². The van der Waals surface area contributed by atoms with Gasteiger partial charge in [0, 0.05) is 18.0 Å². The second-order valence-corrected chi connectivity index (χ2v) is 5.69. The van der Waals surface area contributed by atoms with Crippen LogP contribution in [-0.4, -0.2) is 23.7 Å². The van der Waals surface area contributed by atoms with Crippen LogP contribution >= 0.6 is 0 Å². The number of carbonyl (C=O) groups excluding carboxylic acids is 1. The minimum Gasteiger partial charge on any atom is -0.395 e. The Labute approximate surface area is 118 Å². The average Bonchev–Trinajstić information content (AvgIpc) is 2.96. The smallest absolute Gasteiger partial charge is 0.254 e. The van der Waals surface area contributed by atoms with E-state index in [2.05, 4.69) is 31.0 Å². The van der Waals surface area contributed by atoms with E-state index in [-0.39, 0.29) is 29.5 Å². The zero-order valence-electron chi connectivity index (χ0n) is 11.7. The Morgan fingerprint density at radius 1 is 1.55 bits per heavy atom. The first kappa shape index (κ1) is 14.5. The van der Waals surface area contributed by atoms with Crippen molar-refractivity contribution < 1.29 is 14.3 Å². The van der Waals surface area contributed by atoms with Gasteiger partial charge in [0.2, 0.25) is 0 Å². The number of aliphatic hydroxyl groups excluding tert-OH is 1. The van der Waals surface area contributed by atoms with Crippen LogP contribution < -0.4 is 5.32 Å². The molecule has 2 rings (SSSR count). The summed E-state index contributed by atoms with van der Waals surface area (Å²) in [6, 6.07) is 4.43. The number of rotatable bonds is 3. The molecule has 1 atom stereocenters. The monoisotopic (exact) mass is 275 g/mol. The summed E-state index contributed by atoms with van der Waals surface area (Å²) in [6.45, 7) is 4.11. The lowest BCUT2D eigenvalue weighted by atomic mass is 10.1. The van der Waals surface area contributed by atoms with Crippen molar-refractivity contribution in [2.45, 2.75) is 32.7 Å². The van der Waals surface area contributed by atoms with Crippen molar-refractivity contribution in [2.75, 3.05) is 6.61 Å². The van der Waals surface area contributed by atoms with Crippen LogP contribution in [-0.2, 0) is 0 Å². The fourth-order valence-electron chi connectivity index (χ4n) is 1.95. The van der Waals surface area contributed by atoms with E-state index in [1.165, 1.54) is 12.1 Å². The molecule has 0 radical (unpaired) electrons. The van der Waals surface area contributed by atoms with Gasteiger partial charge in [-0.2, -0.15) is 0 Å². The van der Waals surface area contributed by atoms with Crippen molar-refractivity contribution in [3.8, 4) is 11.8 Å². The molecule has 20 heavy (non-hydrogen) atoms. The average molecular weight is 275 g/mol. The molecule has 4 heteroatoms. The van der Waals surface area contributed by atoms with E-state index in [1.54, 1.807) is 6.07 Å². The number of hydrogen-bond acceptors (Lipinski definition) is 2. The maximum Gasteiger partial charge on any atom is 0.254 e. The fourth-order valence-corrected chi connectivity index (χ4v) is 1.95. The van der Waals surface area contributed by atoms with Gasteiger partial charge in [0.05, 0.1) is 12.2 Å². The number of amides is 1. The van der Waals surface area contributed by atoms with Crippen LogP contribution in [0.2, 0.25) is 0 Å². The first-order valence-corrected chi connectivity index (χ1v) is 6.64. The molecule has 2 N–H and O–H groups in total. The third kappa shape index (κ3) is 3.37. The Balaban J connectivity index is 2.06. The predicted molar refractivity (Wildman–Crippen MR) is 74.6 cm³/mol. The lowest BCUT2D eigenvalue weighted by Gasteiger charge is -2.07. The van der Waals surface area contributed by atoms with Crippen LogP contribution in [0.5, 0.6) is 0 Å². The molecule has 106 valence electrons. The van der Waals surface area contributed by atoms with Crippen LogP contribution in [0.15, 0.2) is 18.2 Å². The van der Waals surface area contributed by atoms with Crippen molar-refractivity contribution in [1.29, 1.82) is 0 Å². The highest BCUT2D eigenvalue weighted by atomic mass is 19.1. The molecule has 1 aliphatic rings. The van der Waals surface area contributed by atoms with Gasteiger partial charge < -0.3 is 10.4 Å². The number of benzene rings is 1. The maximum absolute atomic E-state index is 13.9. The minimum absolute atomic E-state index is 0.0207. The molecule has 0 saturated heterocycles. The summed E-state index contributed by atoms with van der Waals surface area (Å²) in [7, 11) is 0. The van der Waals surface area contributed by atoms with E-state index in [1.807, 2.05) is 0 Å². The van der Waals surface area contributed by atoms with Crippen LogP contribution in [0.3, 0.4) is 0 Å². The molecule has 1 saturated carbocycles. The minimum atomic E-state index is -0.572. The predicted octanol–water partition coefficient (Wildman–Crippen LogP) is 2.09. The Morgan fingerprint density at radius 2 is 2.25 bits per heavy atom. The van der Waals surface area contributed by atoms with E-state index >= 15 is 0 Å². The molecule has 1 aromatic carbocycles. The molecule has 1 fully saturated rings. The first-order chi connectivity index (χ1) is 9.44. The molecule has 1 unspecified atom stereocenters. The van der Waals surface area contributed by atoms with Gasteiger partial charge in [0.15, 0.2) is 0 Å². The summed E-state index contributed by atoms with van der Waals surface area (Å²) in [5.74, 6) is 4.50. The Bertz CT molecular complexity index is 584. The Hall–Kier alpha value is -1.86. The van der Waals surface area contributed by atoms with Crippen molar-refractivity contribution in [3.63, 3.8) is 0 Å². The number of carbonyl (C=O) groups is 1. The third-order valence-corrected chi connectivity index (χ3v) is 3.50. The Kier molecular flexibility index (Phi) is 4.10. The lowest BCUT2D eigenvalue weighted by molar-refractivity contribution is 0.0942. The highest BCUT2D eigenvalue weighted by molar-refractivity contribution is 5.95. The molecule has 0 aliphatic heterocycles. The molecule has 0 heterocycles. The molecule has 1 aromatic rings. The normalized spacial score (nSPS) is 18.9. The maximum atomic E-state index is 13.9. The quantitative estimate of drug-likeness (QED) is 0.830. The topological polar surface area (TPSA) is 49.3 Å². The van der Waals surface area contributed by atoms with E-state index in [9.17, 15) is 9.18 Å². The lowest BCUT2D eigenvalue weighted by Crippen LogP contribution is -2.29. The highest BCUT2D eigenvalue weighted by Crippen LogP contribution is 2.44. The van der Waals surface area contributed by atoms with Crippen molar-refractivity contribution in [3.05, 3.63) is 35.1 Å². The molecular weight excluding hydrogens is 257 g/mol. The summed E-state index contributed by atoms with van der Waals surface area (Å²) in [6.07, 6.45) is 1.27. The van der Waals surface area contributed by atoms with Crippen LogP contribution in [0.4, 0.5) is 4.39 Å². The van der Waals surface area contributed by atoms with Crippen molar-refractivity contribution in [2.24, 2.45) is 5.41 Å². The molecule has 0 aromatic heterocycles. The molecule has 1 aliphatic carbocycles. The Morgan fingerprint density at radius 3 is 2.80 bits per heavy atom. The van der Waals surface area contributed by atoms with Gasteiger partial charge in [-0.1, -0.05) is 25.7 Å². The summed E-state index contributed by atoms with van der Waals surface area (Å²) in [5.41, 5.74) is 0.654. The molecule has 0 spiro atoms. The van der Waals surface area contributed by atoms with Gasteiger partial charge in [-0.25, -0.2) is 4.39 Å². The number of nitrogens with one attached hydrogen (secondary N) is 1. The summed E-state index contributed by atoms with van der Waals surface area (Å²) < 4.78 is 13.9. The standard InChI is InChI=1S/C16H18FNO2/c1-16(2)10-14(16)18-15(20)12-7-6-11(9-13(12)17)5-3-4-8-19/h6-7,9,14,19H,4,8,10H2,1-2H3,(H,18,20). The largest absolute Gasteiger partial charge is 0.395 e. The van der Waals surface area contributed by atoms with Crippen molar-refractivity contribution in [1.82, 2.24) is 5.32 Å². The fraction of sp³-hybridized carbons (Fsp3) is 0.438. The second kappa shape index (κ2) is 5.64. The van der Waals surface area contributed by atoms with E-state index in [0.29, 0.717) is 12.0 Å². The summed E-state index contributed by atoms with van der Waals surface area (Å²) in [5, 5.41) is 11.4. The first-order valence-electron chi connectivity index (χ1n) is 6.64. The number of halogens is 1. The van der Waals surface area contributed by atoms with E-state index in [0.717, 1.165) is 6.42 Å². The second-order valence-electron chi connectivity index (χ2n) is 5.69. The molecule has 0 bridgehead atoms. The van der Waals surface area contributed by atoms with Gasteiger partial charge >= 0.3 is 0 Å². The van der Waals surface area contributed by atoms with E-state index in [4.69, 9.17) is 5.11 Å². The third-order valence-electron chi connectivity index (χ3n) is 3.50.